The lowest BCUT2D eigenvalue weighted by Gasteiger charge is -2.34. The summed E-state index contributed by atoms with van der Waals surface area (Å²) in [5.41, 5.74) is 2.56. The van der Waals surface area contributed by atoms with E-state index >= 15 is 0 Å². The van der Waals surface area contributed by atoms with E-state index in [4.69, 9.17) is 0 Å². The van der Waals surface area contributed by atoms with E-state index in [1.807, 2.05) is 6.92 Å². The molecular weight excluding hydrogens is 283 g/mol. The van der Waals surface area contributed by atoms with Gasteiger partial charge in [-0.05, 0) is 13.0 Å². The highest BCUT2D eigenvalue weighted by molar-refractivity contribution is 5.79. The summed E-state index contributed by atoms with van der Waals surface area (Å²) in [6.07, 6.45) is 1.67. The van der Waals surface area contributed by atoms with Gasteiger partial charge in [0.25, 0.3) is 0 Å². The van der Waals surface area contributed by atoms with Crippen molar-refractivity contribution in [1.82, 2.24) is 19.8 Å². The van der Waals surface area contributed by atoms with Crippen LogP contribution in [0.25, 0.3) is 0 Å². The Balaban J connectivity index is 1.60. The summed E-state index contributed by atoms with van der Waals surface area (Å²) in [6, 6.07) is 6.60. The highest BCUT2D eigenvalue weighted by Gasteiger charge is 2.25. The molecule has 0 atom stereocenters. The molecular formula is C16H19FN4O. The fourth-order valence-corrected chi connectivity index (χ4v) is 2.65. The van der Waals surface area contributed by atoms with E-state index < -0.39 is 0 Å². The van der Waals surface area contributed by atoms with E-state index in [-0.39, 0.29) is 11.7 Å². The van der Waals surface area contributed by atoms with E-state index in [2.05, 4.69) is 14.9 Å². The summed E-state index contributed by atoms with van der Waals surface area (Å²) < 4.78 is 13.7. The summed E-state index contributed by atoms with van der Waals surface area (Å²) in [7, 11) is 0. The van der Waals surface area contributed by atoms with Gasteiger partial charge in [-0.3, -0.25) is 9.69 Å². The lowest BCUT2D eigenvalue weighted by molar-refractivity contribution is -0.136. The number of H-pyrrole nitrogens is 1. The first-order valence-corrected chi connectivity index (χ1v) is 7.36. The topological polar surface area (TPSA) is 52.2 Å². The molecule has 6 heteroatoms. The summed E-state index contributed by atoms with van der Waals surface area (Å²) in [5, 5.41) is 0. The first-order valence-electron chi connectivity index (χ1n) is 7.36. The predicted octanol–water partition coefficient (Wildman–Crippen LogP) is 1.70. The van der Waals surface area contributed by atoms with Crippen LogP contribution in [0.3, 0.4) is 0 Å². The molecule has 2 heterocycles. The number of halogens is 1. The highest BCUT2D eigenvalue weighted by Crippen LogP contribution is 2.14. The first kappa shape index (κ1) is 14.7. The van der Waals surface area contributed by atoms with Crippen LogP contribution in [0.5, 0.6) is 0 Å². The number of aromatic nitrogens is 2. The van der Waals surface area contributed by atoms with Crippen molar-refractivity contribution in [2.45, 2.75) is 20.0 Å². The van der Waals surface area contributed by atoms with Gasteiger partial charge in [0.2, 0.25) is 5.91 Å². The maximum Gasteiger partial charge on any atom is 0.237 e. The van der Waals surface area contributed by atoms with Crippen LogP contribution in [0.15, 0.2) is 30.6 Å². The normalized spacial score (nSPS) is 16.3. The predicted molar refractivity (Wildman–Crippen MR) is 80.4 cm³/mol. The SMILES string of the molecule is Cc1[nH]cnc1CN1CCN(Cc2ccccc2F)C(=O)C1. The number of benzene rings is 1. The van der Waals surface area contributed by atoms with Gasteiger partial charge >= 0.3 is 0 Å². The van der Waals surface area contributed by atoms with E-state index in [1.165, 1.54) is 6.07 Å². The Morgan fingerprint density at radius 2 is 2.09 bits per heavy atom. The van der Waals surface area contributed by atoms with Crippen molar-refractivity contribution in [1.29, 1.82) is 0 Å². The lowest BCUT2D eigenvalue weighted by Crippen LogP contribution is -2.49. The Morgan fingerprint density at radius 3 is 2.77 bits per heavy atom. The van der Waals surface area contributed by atoms with Gasteiger partial charge in [-0.25, -0.2) is 9.37 Å². The fourth-order valence-electron chi connectivity index (χ4n) is 2.65. The second-order valence-corrected chi connectivity index (χ2v) is 5.59. The molecule has 1 aliphatic heterocycles. The van der Waals surface area contributed by atoms with Gasteiger partial charge in [-0.1, -0.05) is 18.2 Å². The quantitative estimate of drug-likeness (QED) is 0.935. The van der Waals surface area contributed by atoms with E-state index in [1.54, 1.807) is 29.4 Å². The molecule has 0 radical (unpaired) electrons. The maximum atomic E-state index is 13.7. The van der Waals surface area contributed by atoms with E-state index in [0.717, 1.165) is 17.9 Å². The van der Waals surface area contributed by atoms with Gasteiger partial charge in [0.05, 0.1) is 18.6 Å². The molecule has 1 aliphatic rings. The molecule has 0 spiro atoms. The third-order valence-electron chi connectivity index (χ3n) is 4.02. The first-order chi connectivity index (χ1) is 10.6. The average Bonchev–Trinajstić information content (AvgIpc) is 2.89. The van der Waals surface area contributed by atoms with Crippen molar-refractivity contribution in [2.75, 3.05) is 19.6 Å². The monoisotopic (exact) mass is 302 g/mol. The number of piperazine rings is 1. The number of carbonyl (C=O) groups excluding carboxylic acids is 1. The van der Waals surface area contributed by atoms with Crippen LogP contribution in [-0.2, 0) is 17.9 Å². The van der Waals surface area contributed by atoms with Gasteiger partial charge < -0.3 is 9.88 Å². The summed E-state index contributed by atoms with van der Waals surface area (Å²) >= 11 is 0. The van der Waals surface area contributed by atoms with Gasteiger partial charge in [0, 0.05) is 37.4 Å². The van der Waals surface area contributed by atoms with Crippen LogP contribution >= 0.6 is 0 Å². The van der Waals surface area contributed by atoms with Gasteiger partial charge in [-0.15, -0.1) is 0 Å². The molecule has 1 fully saturated rings. The van der Waals surface area contributed by atoms with E-state index in [9.17, 15) is 9.18 Å². The Hall–Kier alpha value is -2.21. The Morgan fingerprint density at radius 1 is 1.27 bits per heavy atom. The minimum absolute atomic E-state index is 0.0303. The Labute approximate surface area is 128 Å². The van der Waals surface area contributed by atoms with Crippen molar-refractivity contribution in [3.8, 4) is 0 Å². The highest BCUT2D eigenvalue weighted by atomic mass is 19.1. The molecule has 3 rings (SSSR count). The number of aryl methyl sites for hydroxylation is 1. The number of hydrogen-bond acceptors (Lipinski definition) is 3. The molecule has 116 valence electrons. The van der Waals surface area contributed by atoms with Crippen molar-refractivity contribution < 1.29 is 9.18 Å². The molecule has 2 aromatic rings. The largest absolute Gasteiger partial charge is 0.348 e. The minimum atomic E-state index is -0.259. The summed E-state index contributed by atoms with van der Waals surface area (Å²) in [5.74, 6) is -0.229. The van der Waals surface area contributed by atoms with Crippen LogP contribution in [0, 0.1) is 12.7 Å². The molecule has 0 saturated carbocycles. The average molecular weight is 302 g/mol. The van der Waals surface area contributed by atoms with Crippen LogP contribution in [0.2, 0.25) is 0 Å². The molecule has 22 heavy (non-hydrogen) atoms. The van der Waals surface area contributed by atoms with Crippen LogP contribution < -0.4 is 0 Å². The summed E-state index contributed by atoms with van der Waals surface area (Å²) in [6.45, 7) is 4.69. The van der Waals surface area contributed by atoms with Crippen molar-refractivity contribution in [2.24, 2.45) is 0 Å². The molecule has 5 nitrogen and oxygen atoms in total. The number of carbonyl (C=O) groups is 1. The molecule has 1 amide bonds. The van der Waals surface area contributed by atoms with Crippen LogP contribution in [0.1, 0.15) is 17.0 Å². The lowest BCUT2D eigenvalue weighted by atomic mass is 10.1. The van der Waals surface area contributed by atoms with Crippen molar-refractivity contribution in [3.05, 3.63) is 53.4 Å². The standard InChI is InChI=1S/C16H19FN4O/c1-12-15(19-11-18-12)9-20-6-7-21(16(22)10-20)8-13-4-2-3-5-14(13)17/h2-5,11H,6-10H2,1H3,(H,18,19). The number of imidazole rings is 1. The van der Waals surface area contributed by atoms with Crippen molar-refractivity contribution in [3.63, 3.8) is 0 Å². The second kappa shape index (κ2) is 6.27. The Bertz CT molecular complexity index is 670. The van der Waals surface area contributed by atoms with Crippen LogP contribution in [-0.4, -0.2) is 45.3 Å². The molecule has 0 unspecified atom stereocenters. The number of nitrogens with zero attached hydrogens (tertiary/aromatic N) is 3. The molecule has 1 aromatic heterocycles. The number of aromatic amines is 1. The van der Waals surface area contributed by atoms with Gasteiger partial charge in [-0.2, -0.15) is 0 Å². The molecule has 0 aliphatic carbocycles. The minimum Gasteiger partial charge on any atom is -0.348 e. The number of hydrogen-bond donors (Lipinski definition) is 1. The second-order valence-electron chi connectivity index (χ2n) is 5.59. The summed E-state index contributed by atoms with van der Waals surface area (Å²) in [4.78, 5) is 23.4. The van der Waals surface area contributed by atoms with Gasteiger partial charge in [0.15, 0.2) is 0 Å². The third kappa shape index (κ3) is 3.17. The van der Waals surface area contributed by atoms with Gasteiger partial charge in [0.1, 0.15) is 5.82 Å². The number of amides is 1. The number of nitrogens with one attached hydrogen (secondary N) is 1. The molecule has 1 aromatic carbocycles. The fraction of sp³-hybridized carbons (Fsp3) is 0.375. The zero-order chi connectivity index (χ0) is 15.5. The zero-order valence-electron chi connectivity index (χ0n) is 12.6. The zero-order valence-corrected chi connectivity index (χ0v) is 12.6. The molecule has 1 N–H and O–H groups in total. The van der Waals surface area contributed by atoms with Crippen LogP contribution in [0.4, 0.5) is 4.39 Å². The molecule has 0 bridgehead atoms. The van der Waals surface area contributed by atoms with Crippen molar-refractivity contribution >= 4 is 5.91 Å². The van der Waals surface area contributed by atoms with E-state index in [0.29, 0.717) is 31.7 Å². The maximum absolute atomic E-state index is 13.7. The third-order valence-corrected chi connectivity index (χ3v) is 4.02. The number of rotatable bonds is 4. The Kier molecular flexibility index (Phi) is 4.20. The molecule has 1 saturated heterocycles. The smallest absolute Gasteiger partial charge is 0.237 e.